The molecule has 0 amide bonds. The normalized spacial score (nSPS) is 11.6. The van der Waals surface area contributed by atoms with Gasteiger partial charge in [0.2, 0.25) is 0 Å². The zero-order valence-corrected chi connectivity index (χ0v) is 21.2. The molecule has 0 radical (unpaired) electrons. The first-order valence-corrected chi connectivity index (χ1v) is 12.0. The largest absolute Gasteiger partial charge is 1.00 e. The van der Waals surface area contributed by atoms with Crippen LogP contribution in [0.2, 0.25) is 0 Å². The molecule has 0 bridgehead atoms. The third-order valence-corrected chi connectivity index (χ3v) is 4.44. The number of carboxylic acids is 2. The molecule has 14 heteroatoms. The average molecular weight is 489 g/mol. The Labute approximate surface area is 201 Å². The van der Waals surface area contributed by atoms with Gasteiger partial charge in [-0.15, -0.1) is 0 Å². The molecule has 11 nitrogen and oxygen atoms in total. The van der Waals surface area contributed by atoms with Crippen molar-refractivity contribution in [1.82, 2.24) is 0 Å². The van der Waals surface area contributed by atoms with Gasteiger partial charge in [-0.2, -0.15) is 23.3 Å². The van der Waals surface area contributed by atoms with Crippen LogP contribution in [-0.2, 0) is 30.1 Å². The Morgan fingerprint density at radius 3 is 1.33 bits per heavy atom. The van der Waals surface area contributed by atoms with Gasteiger partial charge >= 0.3 is 51.9 Å². The van der Waals surface area contributed by atoms with Gasteiger partial charge < -0.3 is 17.1 Å². The molecule has 0 spiro atoms. The summed E-state index contributed by atoms with van der Waals surface area (Å²) in [7, 11) is -9.51. The monoisotopic (exact) mass is 488 g/mol. The molecule has 0 rings (SSSR count). The molecular weight excluding hydrogens is 455 g/mol. The minimum Gasteiger partial charge on any atom is -0.481 e. The van der Waals surface area contributed by atoms with Crippen LogP contribution in [0.3, 0.4) is 0 Å². The van der Waals surface area contributed by atoms with Crippen molar-refractivity contribution in [2.24, 2.45) is 0 Å². The molecule has 0 aliphatic carbocycles. The Bertz CT molecular complexity index is 616. The van der Waals surface area contributed by atoms with Crippen molar-refractivity contribution < 1.29 is 79.9 Å². The molecule has 5 N–H and O–H groups in total. The fourth-order valence-electron chi connectivity index (χ4n) is 1.97. The number of aliphatic carboxylic acids is 2. The van der Waals surface area contributed by atoms with E-state index in [2.05, 4.69) is 13.8 Å². The Morgan fingerprint density at radius 2 is 1.13 bits per heavy atom. The van der Waals surface area contributed by atoms with Crippen LogP contribution in [0.4, 0.5) is 0 Å². The van der Waals surface area contributed by atoms with Crippen molar-refractivity contribution >= 4 is 32.5 Å². The first-order valence-electron chi connectivity index (χ1n) is 9.06. The topological polar surface area (TPSA) is 204 Å². The van der Waals surface area contributed by atoms with E-state index in [9.17, 15) is 18.0 Å². The van der Waals surface area contributed by atoms with Crippen molar-refractivity contribution in [2.75, 3.05) is 0 Å². The smallest absolute Gasteiger partial charge is 0.481 e. The molecule has 0 aromatic heterocycles. The van der Waals surface area contributed by atoms with Gasteiger partial charge in [-0.3, -0.25) is 23.2 Å². The fraction of sp³-hybridized carbons (Fsp3) is 0.812. The first kappa shape index (κ1) is 37.1. The molecular formula is C16H33NaO11S2. The maximum atomic E-state index is 10.2. The first-order chi connectivity index (χ1) is 13.2. The van der Waals surface area contributed by atoms with Crippen molar-refractivity contribution in [1.29, 1.82) is 0 Å². The van der Waals surface area contributed by atoms with E-state index in [1.807, 2.05) is 0 Å². The summed E-state index contributed by atoms with van der Waals surface area (Å²) in [5, 5.41) is 13.9. The van der Waals surface area contributed by atoms with Crippen LogP contribution in [0.5, 0.6) is 0 Å². The van der Waals surface area contributed by atoms with E-state index in [1.165, 1.54) is 57.8 Å². The van der Waals surface area contributed by atoms with Gasteiger partial charge in [-0.05, 0) is 0 Å². The number of hydrogen-bond acceptors (Lipinski definition) is 6. The molecule has 0 fully saturated rings. The molecule has 176 valence electrons. The summed E-state index contributed by atoms with van der Waals surface area (Å²) >= 11 is 0. The molecule has 0 aliphatic heterocycles. The molecule has 0 aliphatic rings. The van der Waals surface area contributed by atoms with Crippen LogP contribution in [-0.4, -0.2) is 57.9 Å². The van der Waals surface area contributed by atoms with Gasteiger partial charge in [0.15, 0.2) is 5.25 Å². The van der Waals surface area contributed by atoms with Crippen molar-refractivity contribution in [3.8, 4) is 0 Å². The predicted octanol–water partition coefficient (Wildman–Crippen LogP) is -0.105. The molecule has 0 aromatic rings. The van der Waals surface area contributed by atoms with Crippen LogP contribution >= 0.6 is 0 Å². The Morgan fingerprint density at radius 1 is 0.800 bits per heavy atom. The van der Waals surface area contributed by atoms with Gasteiger partial charge in [-0.25, -0.2) is 0 Å². The summed E-state index contributed by atoms with van der Waals surface area (Å²) in [5.41, 5.74) is 0. The minimum absolute atomic E-state index is 0. The average Bonchev–Trinajstić information content (AvgIpc) is 2.53. The maximum Gasteiger partial charge on any atom is 1.00 e. The van der Waals surface area contributed by atoms with E-state index in [-0.39, 0.29) is 29.6 Å². The van der Waals surface area contributed by atoms with Crippen molar-refractivity contribution in [3.05, 3.63) is 6.92 Å². The van der Waals surface area contributed by atoms with Gasteiger partial charge in [-0.1, -0.05) is 64.7 Å². The second-order valence-electron chi connectivity index (χ2n) is 6.07. The number of hydrogen-bond donors (Lipinski definition) is 5. The summed E-state index contributed by atoms with van der Waals surface area (Å²) in [5.74, 6) is -3.50. The number of carbonyl (C=O) groups is 2. The number of rotatable bonds is 13. The van der Waals surface area contributed by atoms with E-state index in [4.69, 9.17) is 32.3 Å². The van der Waals surface area contributed by atoms with Crippen molar-refractivity contribution in [3.63, 3.8) is 0 Å². The van der Waals surface area contributed by atoms with E-state index >= 15 is 0 Å². The van der Waals surface area contributed by atoms with Gasteiger partial charge in [0, 0.05) is 0 Å². The number of carboxylic acid groups (broad SMARTS) is 2. The van der Waals surface area contributed by atoms with Crippen molar-refractivity contribution in [2.45, 2.75) is 82.8 Å². The standard InChI is InChI=1S/C12H25.C4H6O7S.Na.H2O4S/c1-3-5-7-9-11-12-10-8-6-4-2;5-3(6)1-2(4(7)8)12(9,10)11;;1-5(2,3)4/h1,3-12H2,2H3;2H,1H2,(H,5,6)(H,7,8)(H,9,10,11);;(H2,1,2,3,4)/q-1;;+1;. The Kier molecular flexibility index (Phi) is 27.1. The fourth-order valence-corrected chi connectivity index (χ4v) is 2.57. The summed E-state index contributed by atoms with van der Waals surface area (Å²) in [4.78, 5) is 20.0. The third-order valence-electron chi connectivity index (χ3n) is 3.35. The maximum absolute atomic E-state index is 10.2. The molecule has 0 heterocycles. The minimum atomic E-state index is -4.84. The SMILES string of the molecule is O=C(O)CC(C(=O)O)S(=O)(=O)O.O=S(=O)(O)O.[CH2-]CCCCCCCCCCC.[Na+]. The van der Waals surface area contributed by atoms with Gasteiger partial charge in [0.05, 0.1) is 6.42 Å². The Hall–Kier alpha value is -0.280. The third kappa shape index (κ3) is 38.3. The van der Waals surface area contributed by atoms with Crippen LogP contribution in [0.25, 0.3) is 0 Å². The quantitative estimate of drug-likeness (QED) is 0.100. The second-order valence-corrected chi connectivity index (χ2v) is 8.56. The van der Waals surface area contributed by atoms with Crippen LogP contribution in [0, 0.1) is 6.92 Å². The summed E-state index contributed by atoms with van der Waals surface area (Å²) in [6, 6.07) is 0. The zero-order valence-electron chi connectivity index (χ0n) is 17.6. The zero-order chi connectivity index (χ0) is 23.5. The van der Waals surface area contributed by atoms with E-state index in [1.54, 1.807) is 0 Å². The number of unbranched alkanes of at least 4 members (excludes halogenated alkanes) is 9. The molecule has 1 unspecified atom stereocenters. The molecule has 30 heavy (non-hydrogen) atoms. The summed E-state index contributed by atoms with van der Waals surface area (Å²) in [6.45, 7) is 6.12. The molecule has 0 saturated heterocycles. The van der Waals surface area contributed by atoms with Crippen LogP contribution in [0.15, 0.2) is 0 Å². The Balaban J connectivity index is -0.000000180. The van der Waals surface area contributed by atoms with Crippen LogP contribution in [0.1, 0.15) is 77.6 Å². The summed E-state index contributed by atoms with van der Waals surface area (Å²) < 4.78 is 60.2. The molecule has 0 aromatic carbocycles. The van der Waals surface area contributed by atoms with Crippen LogP contribution < -0.4 is 29.6 Å². The van der Waals surface area contributed by atoms with E-state index < -0.39 is 44.1 Å². The molecule has 1 atom stereocenters. The van der Waals surface area contributed by atoms with Gasteiger partial charge in [0.25, 0.3) is 10.1 Å². The van der Waals surface area contributed by atoms with Gasteiger partial charge in [0.1, 0.15) is 0 Å². The predicted molar refractivity (Wildman–Crippen MR) is 107 cm³/mol. The molecule has 0 saturated carbocycles. The van der Waals surface area contributed by atoms with E-state index in [0.717, 1.165) is 6.42 Å². The second kappa shape index (κ2) is 21.9. The van der Waals surface area contributed by atoms with E-state index in [0.29, 0.717) is 0 Å². The summed E-state index contributed by atoms with van der Waals surface area (Å²) in [6.07, 6.45) is 12.7.